The zero-order valence-electron chi connectivity index (χ0n) is 12.7. The van der Waals surface area contributed by atoms with E-state index in [-0.39, 0.29) is 0 Å². The molecule has 1 aromatic carbocycles. The second-order valence-electron chi connectivity index (χ2n) is 5.05. The van der Waals surface area contributed by atoms with Gasteiger partial charge in [0.1, 0.15) is 11.6 Å². The molecule has 0 amide bonds. The molecule has 2 heterocycles. The van der Waals surface area contributed by atoms with E-state index in [1.807, 2.05) is 47.5 Å². The zero-order chi connectivity index (χ0) is 15.4. The van der Waals surface area contributed by atoms with E-state index in [1.54, 1.807) is 7.11 Å². The van der Waals surface area contributed by atoms with Crippen LogP contribution in [0.2, 0.25) is 0 Å². The molecule has 0 unspecified atom stereocenters. The van der Waals surface area contributed by atoms with Crippen LogP contribution >= 0.6 is 11.3 Å². The number of methoxy groups -OCH3 is 1. The van der Waals surface area contributed by atoms with Gasteiger partial charge < -0.3 is 14.6 Å². The van der Waals surface area contributed by atoms with Crippen LogP contribution in [0.4, 0.5) is 0 Å². The Morgan fingerprint density at radius 1 is 1.14 bits per heavy atom. The van der Waals surface area contributed by atoms with Gasteiger partial charge in [0.2, 0.25) is 0 Å². The van der Waals surface area contributed by atoms with E-state index in [0.29, 0.717) is 0 Å². The largest absolute Gasteiger partial charge is 0.497 e. The molecule has 0 aliphatic rings. The van der Waals surface area contributed by atoms with E-state index >= 15 is 0 Å². The summed E-state index contributed by atoms with van der Waals surface area (Å²) in [4.78, 5) is 6.90. The Morgan fingerprint density at radius 3 is 2.64 bits per heavy atom. The van der Waals surface area contributed by atoms with Crippen molar-refractivity contribution in [1.82, 2.24) is 14.9 Å². The first-order valence-corrected chi connectivity index (χ1v) is 7.98. The number of nitrogens with zero attached hydrogens (tertiary/aromatic N) is 2. The van der Waals surface area contributed by atoms with Crippen molar-refractivity contribution in [2.45, 2.75) is 13.1 Å². The lowest BCUT2D eigenvalue weighted by Crippen LogP contribution is -2.14. The van der Waals surface area contributed by atoms with Crippen molar-refractivity contribution in [3.8, 4) is 16.2 Å². The number of rotatable bonds is 6. The minimum atomic E-state index is 0.777. The van der Waals surface area contributed by atoms with Crippen molar-refractivity contribution >= 4 is 11.3 Å². The van der Waals surface area contributed by atoms with Gasteiger partial charge in [0, 0.05) is 35.7 Å². The minimum absolute atomic E-state index is 0.777. The predicted octanol–water partition coefficient (Wildman–Crippen LogP) is 3.45. The summed E-state index contributed by atoms with van der Waals surface area (Å²) >= 11 is 1.81. The highest BCUT2D eigenvalue weighted by Gasteiger charge is 2.04. The van der Waals surface area contributed by atoms with Crippen molar-refractivity contribution in [3.63, 3.8) is 0 Å². The van der Waals surface area contributed by atoms with Gasteiger partial charge in [-0.25, -0.2) is 4.98 Å². The Hall–Kier alpha value is -2.11. The van der Waals surface area contributed by atoms with Crippen LogP contribution in [0.5, 0.6) is 5.75 Å². The minimum Gasteiger partial charge on any atom is -0.497 e. The Morgan fingerprint density at radius 2 is 1.95 bits per heavy atom. The highest BCUT2D eigenvalue weighted by atomic mass is 32.1. The number of ether oxygens (including phenoxy) is 1. The van der Waals surface area contributed by atoms with Crippen molar-refractivity contribution < 1.29 is 4.74 Å². The number of hydrogen-bond acceptors (Lipinski definition) is 4. The van der Waals surface area contributed by atoms with Crippen molar-refractivity contribution in [1.29, 1.82) is 0 Å². The van der Waals surface area contributed by atoms with Gasteiger partial charge in [-0.05, 0) is 42.0 Å². The van der Waals surface area contributed by atoms with Gasteiger partial charge in [-0.15, -0.1) is 11.3 Å². The average molecular weight is 313 g/mol. The molecule has 0 bridgehead atoms. The van der Waals surface area contributed by atoms with Crippen molar-refractivity contribution in [3.05, 3.63) is 59.5 Å². The smallest absolute Gasteiger partial charge is 0.122 e. The molecule has 0 atom stereocenters. The average Bonchev–Trinajstić information content (AvgIpc) is 3.17. The predicted molar refractivity (Wildman–Crippen MR) is 90.1 cm³/mol. The number of nitrogens with one attached hydrogen (secondary N) is 1. The van der Waals surface area contributed by atoms with E-state index in [0.717, 1.165) is 24.7 Å². The normalized spacial score (nSPS) is 10.8. The maximum atomic E-state index is 5.19. The molecule has 5 heteroatoms. The molecule has 0 radical (unpaired) electrons. The first kappa shape index (κ1) is 14.8. The van der Waals surface area contributed by atoms with Crippen LogP contribution in [0, 0.1) is 0 Å². The first-order valence-electron chi connectivity index (χ1n) is 7.16. The third kappa shape index (κ3) is 3.37. The van der Waals surface area contributed by atoms with E-state index in [1.165, 1.54) is 15.3 Å². The molecule has 4 nitrogen and oxygen atoms in total. The van der Waals surface area contributed by atoms with Crippen LogP contribution in [-0.2, 0) is 20.1 Å². The summed E-state index contributed by atoms with van der Waals surface area (Å²) < 4.78 is 7.23. The second-order valence-corrected chi connectivity index (χ2v) is 6.22. The monoisotopic (exact) mass is 313 g/mol. The van der Waals surface area contributed by atoms with Gasteiger partial charge >= 0.3 is 0 Å². The molecule has 1 N–H and O–H groups in total. The molecule has 0 saturated heterocycles. The molecule has 0 fully saturated rings. The summed E-state index contributed by atoms with van der Waals surface area (Å²) in [7, 11) is 3.70. The maximum Gasteiger partial charge on any atom is 0.122 e. The Labute approximate surface area is 134 Å². The lowest BCUT2D eigenvalue weighted by atomic mass is 10.2. The first-order chi connectivity index (χ1) is 10.8. The summed E-state index contributed by atoms with van der Waals surface area (Å²) in [6.45, 7) is 1.63. The molecule has 0 saturated carbocycles. The van der Waals surface area contributed by atoms with Gasteiger partial charge in [-0.1, -0.05) is 0 Å². The van der Waals surface area contributed by atoms with Gasteiger partial charge in [0.05, 0.1) is 13.7 Å². The summed E-state index contributed by atoms with van der Waals surface area (Å²) in [5.74, 6) is 1.93. The van der Waals surface area contributed by atoms with Gasteiger partial charge in [-0.2, -0.15) is 0 Å². The lowest BCUT2D eigenvalue weighted by molar-refractivity contribution is 0.415. The fourth-order valence-corrected chi connectivity index (χ4v) is 3.23. The Kier molecular flexibility index (Phi) is 4.56. The van der Waals surface area contributed by atoms with Gasteiger partial charge in [0.15, 0.2) is 0 Å². The van der Waals surface area contributed by atoms with E-state index in [4.69, 9.17) is 4.74 Å². The number of thiophene rings is 1. The number of aromatic nitrogens is 2. The second kappa shape index (κ2) is 6.77. The molecule has 0 aliphatic heterocycles. The topological polar surface area (TPSA) is 39.1 Å². The fourth-order valence-electron chi connectivity index (χ4n) is 2.25. The highest BCUT2D eigenvalue weighted by Crippen LogP contribution is 2.29. The van der Waals surface area contributed by atoms with Crippen LogP contribution in [0.15, 0.2) is 48.8 Å². The van der Waals surface area contributed by atoms with E-state index in [2.05, 4.69) is 34.6 Å². The molecule has 114 valence electrons. The Bertz CT molecular complexity index is 730. The number of imidazole rings is 1. The SMILES string of the molecule is COc1ccc(-c2ccc(CNCc3nccn3C)s2)cc1. The van der Waals surface area contributed by atoms with Crippen LogP contribution in [0.1, 0.15) is 10.7 Å². The lowest BCUT2D eigenvalue weighted by Gasteiger charge is -2.03. The molecule has 2 aromatic heterocycles. The summed E-state index contributed by atoms with van der Waals surface area (Å²) in [5.41, 5.74) is 1.22. The maximum absolute atomic E-state index is 5.19. The fraction of sp³-hybridized carbons (Fsp3) is 0.235. The van der Waals surface area contributed by atoms with Crippen LogP contribution in [-0.4, -0.2) is 16.7 Å². The molecule has 3 aromatic rings. The third-order valence-electron chi connectivity index (χ3n) is 3.54. The molecular weight excluding hydrogens is 294 g/mol. The Balaban J connectivity index is 1.59. The van der Waals surface area contributed by atoms with Crippen LogP contribution in [0.25, 0.3) is 10.4 Å². The van der Waals surface area contributed by atoms with E-state index in [9.17, 15) is 0 Å². The standard InChI is InChI=1S/C17H19N3OS/c1-20-10-9-19-17(20)12-18-11-15-7-8-16(22-15)13-3-5-14(21-2)6-4-13/h3-10,18H,11-12H2,1-2H3. The molecule has 3 rings (SSSR count). The van der Waals surface area contributed by atoms with Crippen LogP contribution < -0.4 is 10.1 Å². The molecule has 0 spiro atoms. The summed E-state index contributed by atoms with van der Waals surface area (Å²) in [6.07, 6.45) is 3.79. The summed E-state index contributed by atoms with van der Waals surface area (Å²) in [6, 6.07) is 12.5. The zero-order valence-corrected chi connectivity index (χ0v) is 13.6. The van der Waals surface area contributed by atoms with Crippen molar-refractivity contribution in [2.75, 3.05) is 7.11 Å². The van der Waals surface area contributed by atoms with Crippen LogP contribution in [0.3, 0.4) is 0 Å². The number of aryl methyl sites for hydroxylation is 1. The van der Waals surface area contributed by atoms with E-state index < -0.39 is 0 Å². The third-order valence-corrected chi connectivity index (χ3v) is 4.67. The molecule has 0 aliphatic carbocycles. The summed E-state index contributed by atoms with van der Waals surface area (Å²) in [5, 5.41) is 3.44. The van der Waals surface area contributed by atoms with Gasteiger partial charge in [-0.3, -0.25) is 0 Å². The molecular formula is C17H19N3OS. The number of benzene rings is 1. The highest BCUT2D eigenvalue weighted by molar-refractivity contribution is 7.15. The van der Waals surface area contributed by atoms with Crippen molar-refractivity contribution in [2.24, 2.45) is 7.05 Å². The van der Waals surface area contributed by atoms with Gasteiger partial charge in [0.25, 0.3) is 0 Å². The molecule has 22 heavy (non-hydrogen) atoms. The number of hydrogen-bond donors (Lipinski definition) is 1. The quantitative estimate of drug-likeness (QED) is 0.757.